The second kappa shape index (κ2) is 12.1. The Morgan fingerprint density at radius 1 is 0.659 bits per heavy atom. The molecule has 218 valence electrons. The summed E-state index contributed by atoms with van der Waals surface area (Å²) in [6, 6.07) is 48.3. The van der Waals surface area contributed by atoms with Crippen LogP contribution in [-0.2, 0) is 26.4 Å². The first-order valence-electron chi connectivity index (χ1n) is 14.4. The van der Waals surface area contributed by atoms with Gasteiger partial charge in [-0.3, -0.25) is 0 Å². The molecule has 1 aromatic heterocycles. The quantitative estimate of drug-likeness (QED) is 0.167. The molecule has 1 aliphatic heterocycles. The fraction of sp³-hybridized carbons (Fsp3) is 0.0541. The average Bonchev–Trinajstić information content (AvgIpc) is 3.66. The van der Waals surface area contributed by atoms with E-state index in [0.717, 1.165) is 26.1 Å². The van der Waals surface area contributed by atoms with E-state index in [2.05, 4.69) is 180 Å². The van der Waals surface area contributed by atoms with Crippen LogP contribution in [-0.4, -0.2) is 34.1 Å². The number of aryl methyl sites for hydroxylation is 1. The second-order valence-corrected chi connectivity index (χ2v) is 11.8. The zero-order valence-corrected chi connectivity index (χ0v) is 26.7. The summed E-state index contributed by atoms with van der Waals surface area (Å²) < 4.78 is 5.39. The van der Waals surface area contributed by atoms with Crippen LogP contribution in [0.4, 0.5) is 5.69 Å². The molecule has 0 atom stereocenters. The number of imidazole rings is 1. The van der Waals surface area contributed by atoms with E-state index in [4.69, 9.17) is 0 Å². The Bertz CT molecular complexity index is 1960. The Balaban J connectivity index is 1.51. The summed E-state index contributed by atoms with van der Waals surface area (Å²) in [6.07, 6.45) is 5.96. The predicted octanol–water partition coefficient (Wildman–Crippen LogP) is 5.16. The monoisotopic (exact) mass is 749 g/mol. The number of benzene rings is 5. The third kappa shape index (κ3) is 5.42. The second-order valence-electron chi connectivity index (χ2n) is 10.8. The SMILES string of the molecule is CN1C=NN(c2[c-]c(B(c3[c-]c(-n4ccn(C)[c]4=[Pt])ccc3)c3c(-c4ccccc4)cccc3-c3ccccc3)ccc2)[CH-]1. The van der Waals surface area contributed by atoms with E-state index in [-0.39, 0.29) is 6.71 Å². The van der Waals surface area contributed by atoms with Gasteiger partial charge in [0.1, 0.15) is 0 Å². The minimum absolute atomic E-state index is 0.173. The Hall–Kier alpha value is -4.67. The van der Waals surface area contributed by atoms with Crippen molar-refractivity contribution in [1.82, 2.24) is 14.0 Å². The molecular weight excluding hydrogens is 720 g/mol. The van der Waals surface area contributed by atoms with Gasteiger partial charge >= 0.3 is 264 Å². The van der Waals surface area contributed by atoms with Crippen molar-refractivity contribution in [2.24, 2.45) is 12.1 Å². The van der Waals surface area contributed by atoms with E-state index < -0.39 is 0 Å². The van der Waals surface area contributed by atoms with Gasteiger partial charge < -0.3 is 0 Å². The number of nitrogens with zero attached hydrogens (tertiary/aromatic N) is 5. The number of aromatic nitrogens is 2. The fourth-order valence-electron chi connectivity index (χ4n) is 5.77. The van der Waals surface area contributed by atoms with Gasteiger partial charge in [-0.2, -0.15) is 0 Å². The summed E-state index contributed by atoms with van der Waals surface area (Å²) in [5, 5.41) is 6.43. The molecule has 0 aliphatic carbocycles. The molecule has 2 heterocycles. The van der Waals surface area contributed by atoms with Gasteiger partial charge in [-0.1, -0.05) is 0 Å². The molecule has 7 heteroatoms. The number of anilines is 1. The normalized spacial score (nSPS) is 12.6. The molecule has 0 unspecified atom stereocenters. The van der Waals surface area contributed by atoms with Crippen LogP contribution in [0.1, 0.15) is 0 Å². The standard InChI is InChI=1S/C37H29BN5.Pt/c1-40-22-23-42(27-40)33-18-9-16-31(24-33)38(32-17-10-19-34(25-32)43-28-41(2)26-39-43)37-35(29-12-5-3-6-13-29)20-11-21-36(37)30-14-7-4-8-15-30;/h3-23,26,28H,1-2H3;/q-3;. The molecule has 6 aromatic rings. The number of hydrogen-bond acceptors (Lipinski definition) is 3. The zero-order valence-electron chi connectivity index (χ0n) is 24.4. The topological polar surface area (TPSA) is 28.7 Å². The first-order valence-corrected chi connectivity index (χ1v) is 15.6. The van der Waals surface area contributed by atoms with E-state index in [0.29, 0.717) is 0 Å². The molecule has 5 aromatic carbocycles. The molecule has 0 bridgehead atoms. The average molecular weight is 750 g/mol. The predicted molar refractivity (Wildman–Crippen MR) is 177 cm³/mol. The van der Waals surface area contributed by atoms with Gasteiger partial charge in [-0.25, -0.2) is 0 Å². The Kier molecular flexibility index (Phi) is 7.76. The van der Waals surface area contributed by atoms with E-state index >= 15 is 0 Å². The van der Waals surface area contributed by atoms with Gasteiger partial charge in [0, 0.05) is 0 Å². The molecule has 0 saturated heterocycles. The summed E-state index contributed by atoms with van der Waals surface area (Å²) in [7, 11) is 4.03. The van der Waals surface area contributed by atoms with Crippen LogP contribution in [0.5, 0.6) is 0 Å². The van der Waals surface area contributed by atoms with Crippen molar-refractivity contribution in [2.75, 3.05) is 12.1 Å². The first-order chi connectivity index (χ1) is 21.6. The van der Waals surface area contributed by atoms with Crippen LogP contribution in [0.3, 0.4) is 0 Å². The van der Waals surface area contributed by atoms with Crippen LogP contribution < -0.4 is 21.4 Å². The fourth-order valence-corrected chi connectivity index (χ4v) is 6.38. The van der Waals surface area contributed by atoms with Crippen LogP contribution >= 0.6 is 0 Å². The maximum atomic E-state index is 4.56. The van der Waals surface area contributed by atoms with Gasteiger partial charge in [0.05, 0.1) is 0 Å². The van der Waals surface area contributed by atoms with Crippen molar-refractivity contribution < 1.29 is 19.4 Å². The van der Waals surface area contributed by atoms with Crippen molar-refractivity contribution in [3.63, 3.8) is 0 Å². The molecule has 1 aliphatic rings. The Labute approximate surface area is 269 Å². The molecule has 0 amide bonds. The number of hydrogen-bond donors (Lipinski definition) is 0. The number of hydrazone groups is 1. The summed E-state index contributed by atoms with van der Waals surface area (Å²) in [5.74, 6) is 0. The third-order valence-corrected chi connectivity index (χ3v) is 9.19. The van der Waals surface area contributed by atoms with Gasteiger partial charge in [-0.15, -0.1) is 0 Å². The molecule has 0 saturated carbocycles. The molecule has 0 spiro atoms. The molecule has 7 rings (SSSR count). The molecule has 0 N–H and O–H groups in total. The minimum atomic E-state index is -0.173. The summed E-state index contributed by atoms with van der Waals surface area (Å²) >= 11 is 2.36. The summed E-state index contributed by atoms with van der Waals surface area (Å²) in [4.78, 5) is 1.94. The Morgan fingerprint density at radius 2 is 1.23 bits per heavy atom. The van der Waals surface area contributed by atoms with Gasteiger partial charge in [0.2, 0.25) is 0 Å². The van der Waals surface area contributed by atoms with E-state index in [1.54, 1.807) is 6.34 Å². The first kappa shape index (κ1) is 28.1. The summed E-state index contributed by atoms with van der Waals surface area (Å²) in [6.45, 7) is 1.78. The molecule has 44 heavy (non-hydrogen) atoms. The molecule has 0 fully saturated rings. The number of rotatable bonds is 7. The van der Waals surface area contributed by atoms with Crippen molar-refractivity contribution in [3.8, 4) is 27.9 Å². The zero-order chi connectivity index (χ0) is 30.0. The van der Waals surface area contributed by atoms with E-state index in [1.807, 2.05) is 23.6 Å². The van der Waals surface area contributed by atoms with Crippen LogP contribution in [0, 0.1) is 22.6 Å². The van der Waals surface area contributed by atoms with Crippen molar-refractivity contribution >= 4 is 35.1 Å². The van der Waals surface area contributed by atoms with Crippen LogP contribution in [0.25, 0.3) is 27.9 Å². The summed E-state index contributed by atoms with van der Waals surface area (Å²) in [5.41, 5.74) is 9.90. The van der Waals surface area contributed by atoms with Crippen molar-refractivity contribution in [1.29, 1.82) is 0 Å². The van der Waals surface area contributed by atoms with E-state index in [9.17, 15) is 0 Å². The van der Waals surface area contributed by atoms with Crippen LogP contribution in [0.15, 0.2) is 133 Å². The maximum absolute atomic E-state index is 4.56. The molecular formula is C37H29BN5Pt-3. The van der Waals surface area contributed by atoms with Gasteiger partial charge in [0.15, 0.2) is 0 Å². The van der Waals surface area contributed by atoms with Crippen molar-refractivity contribution in [2.45, 2.75) is 0 Å². The Morgan fingerprint density at radius 3 is 1.77 bits per heavy atom. The third-order valence-electron chi connectivity index (χ3n) is 7.84. The van der Waals surface area contributed by atoms with Crippen LogP contribution in [0.2, 0.25) is 0 Å². The van der Waals surface area contributed by atoms with E-state index in [1.165, 1.54) is 27.7 Å². The molecule has 5 nitrogen and oxygen atoms in total. The van der Waals surface area contributed by atoms with Crippen molar-refractivity contribution in [3.05, 3.63) is 150 Å². The van der Waals surface area contributed by atoms with Gasteiger partial charge in [-0.05, 0) is 7.05 Å². The molecule has 0 radical (unpaired) electrons. The van der Waals surface area contributed by atoms with Gasteiger partial charge in [0.25, 0.3) is 0 Å².